The van der Waals surface area contributed by atoms with Crippen LogP contribution in [0.1, 0.15) is 41.5 Å². The van der Waals surface area contributed by atoms with E-state index in [9.17, 15) is 0 Å². The van der Waals surface area contributed by atoms with Gasteiger partial charge >= 0.3 is 0 Å². The maximum absolute atomic E-state index is 6.06. The van der Waals surface area contributed by atoms with Gasteiger partial charge in [-0.3, -0.25) is 0 Å². The van der Waals surface area contributed by atoms with E-state index in [2.05, 4.69) is 53.6 Å². The predicted molar refractivity (Wildman–Crippen MR) is 100.0 cm³/mol. The van der Waals surface area contributed by atoms with E-state index in [4.69, 9.17) is 9.26 Å². The molecule has 0 unspecified atom stereocenters. The minimum atomic E-state index is 0.187. The third-order valence-corrected chi connectivity index (χ3v) is 4.74. The Kier molecular flexibility index (Phi) is 4.71. The van der Waals surface area contributed by atoms with Gasteiger partial charge in [-0.25, -0.2) is 0 Å². The highest BCUT2D eigenvalue weighted by atomic mass is 16.5. The van der Waals surface area contributed by atoms with E-state index in [0.29, 0.717) is 18.3 Å². The molecule has 0 bridgehead atoms. The van der Waals surface area contributed by atoms with Gasteiger partial charge in [0.2, 0.25) is 11.7 Å². The summed E-state index contributed by atoms with van der Waals surface area (Å²) in [7, 11) is 0. The Bertz CT molecular complexity index is 860. The number of ether oxygens (including phenoxy) is 1. The Morgan fingerprint density at radius 2 is 1.92 bits per heavy atom. The highest BCUT2D eigenvalue weighted by Crippen LogP contribution is 2.31. The van der Waals surface area contributed by atoms with Crippen molar-refractivity contribution in [2.45, 2.75) is 39.3 Å². The molecule has 5 heteroatoms. The second-order valence-corrected chi connectivity index (χ2v) is 6.82. The van der Waals surface area contributed by atoms with Crippen LogP contribution >= 0.6 is 0 Å². The molecular weight excluding hydrogens is 326 g/mol. The molecule has 3 aromatic rings. The van der Waals surface area contributed by atoms with Crippen LogP contribution in [0.15, 0.2) is 47.0 Å². The van der Waals surface area contributed by atoms with Crippen LogP contribution in [0.3, 0.4) is 0 Å². The number of aryl methyl sites for hydroxylation is 2. The molecular formula is C21H23N3O2. The summed E-state index contributed by atoms with van der Waals surface area (Å²) >= 11 is 0. The van der Waals surface area contributed by atoms with Gasteiger partial charge in [0.05, 0.1) is 6.04 Å². The van der Waals surface area contributed by atoms with E-state index in [1.807, 2.05) is 18.2 Å². The zero-order valence-corrected chi connectivity index (χ0v) is 15.2. The molecule has 1 aliphatic rings. The Balaban J connectivity index is 1.53. The van der Waals surface area contributed by atoms with Crippen LogP contribution in [0.5, 0.6) is 5.75 Å². The monoisotopic (exact) mass is 349 g/mol. The second-order valence-electron chi connectivity index (χ2n) is 6.82. The molecule has 1 aromatic heterocycles. The Morgan fingerprint density at radius 3 is 2.62 bits per heavy atom. The molecule has 0 radical (unpaired) electrons. The highest BCUT2D eigenvalue weighted by Gasteiger charge is 2.23. The van der Waals surface area contributed by atoms with E-state index < -0.39 is 0 Å². The second kappa shape index (κ2) is 7.30. The van der Waals surface area contributed by atoms with Gasteiger partial charge in [0.25, 0.3) is 0 Å². The fraction of sp³-hybridized carbons (Fsp3) is 0.333. The standard InChI is InChI=1S/C21H23N3O2/c1-14-11-17(20-23-21(26-24-20)18-9-6-10-22-18)12-15(2)19(14)25-13-16-7-4-3-5-8-16/h3-5,7-8,11-12,18,22H,6,9-10,13H2,1-2H3/t18-/m1/s1. The van der Waals surface area contributed by atoms with Gasteiger partial charge in [-0.05, 0) is 62.1 Å². The van der Waals surface area contributed by atoms with E-state index in [1.165, 1.54) is 0 Å². The van der Waals surface area contributed by atoms with Gasteiger partial charge < -0.3 is 14.6 Å². The topological polar surface area (TPSA) is 60.2 Å². The molecule has 1 atom stereocenters. The molecule has 134 valence electrons. The average Bonchev–Trinajstić information content (AvgIpc) is 3.33. The molecule has 0 spiro atoms. The first-order chi connectivity index (χ1) is 12.7. The molecule has 0 saturated carbocycles. The van der Waals surface area contributed by atoms with E-state index in [-0.39, 0.29) is 6.04 Å². The molecule has 0 amide bonds. The van der Waals surface area contributed by atoms with Gasteiger partial charge in [-0.1, -0.05) is 35.5 Å². The van der Waals surface area contributed by atoms with Crippen molar-refractivity contribution in [3.05, 3.63) is 65.0 Å². The summed E-state index contributed by atoms with van der Waals surface area (Å²) in [4.78, 5) is 4.59. The van der Waals surface area contributed by atoms with Crippen molar-refractivity contribution in [3.63, 3.8) is 0 Å². The van der Waals surface area contributed by atoms with Crippen molar-refractivity contribution < 1.29 is 9.26 Å². The molecule has 0 aliphatic carbocycles. The zero-order chi connectivity index (χ0) is 17.9. The molecule has 1 N–H and O–H groups in total. The van der Waals surface area contributed by atoms with E-state index >= 15 is 0 Å². The van der Waals surface area contributed by atoms with E-state index in [1.54, 1.807) is 0 Å². The molecule has 26 heavy (non-hydrogen) atoms. The molecule has 1 fully saturated rings. The first-order valence-corrected chi connectivity index (χ1v) is 9.06. The minimum absolute atomic E-state index is 0.187. The van der Waals surface area contributed by atoms with Crippen LogP contribution in [-0.2, 0) is 6.61 Å². The lowest BCUT2D eigenvalue weighted by Crippen LogP contribution is -2.12. The molecule has 1 saturated heterocycles. The summed E-state index contributed by atoms with van der Waals surface area (Å²) in [5, 5.41) is 7.56. The fourth-order valence-corrected chi connectivity index (χ4v) is 3.43. The van der Waals surface area contributed by atoms with Crippen LogP contribution in [0, 0.1) is 13.8 Å². The summed E-state index contributed by atoms with van der Waals surface area (Å²) in [5.74, 6) is 2.23. The molecule has 1 aliphatic heterocycles. The summed E-state index contributed by atoms with van der Waals surface area (Å²) in [6.07, 6.45) is 2.19. The molecule has 5 nitrogen and oxygen atoms in total. The van der Waals surface area contributed by atoms with Gasteiger partial charge in [0.15, 0.2) is 0 Å². The van der Waals surface area contributed by atoms with Crippen molar-refractivity contribution >= 4 is 0 Å². The third-order valence-electron chi connectivity index (χ3n) is 4.74. The van der Waals surface area contributed by atoms with Crippen LogP contribution in [-0.4, -0.2) is 16.7 Å². The minimum Gasteiger partial charge on any atom is -0.488 e. The highest BCUT2D eigenvalue weighted by molar-refractivity contribution is 5.61. The lowest BCUT2D eigenvalue weighted by molar-refractivity contribution is 0.302. The van der Waals surface area contributed by atoms with Crippen molar-refractivity contribution in [3.8, 4) is 17.1 Å². The van der Waals surface area contributed by atoms with Crippen molar-refractivity contribution in [1.29, 1.82) is 0 Å². The van der Waals surface area contributed by atoms with Gasteiger partial charge in [0, 0.05) is 5.56 Å². The normalized spacial score (nSPS) is 16.8. The van der Waals surface area contributed by atoms with Gasteiger partial charge in [0.1, 0.15) is 12.4 Å². The smallest absolute Gasteiger partial charge is 0.244 e. The quantitative estimate of drug-likeness (QED) is 0.742. The number of hydrogen-bond donors (Lipinski definition) is 1. The lowest BCUT2D eigenvalue weighted by atomic mass is 10.1. The summed E-state index contributed by atoms with van der Waals surface area (Å²) in [6.45, 7) is 5.67. The van der Waals surface area contributed by atoms with Crippen LogP contribution < -0.4 is 10.1 Å². The predicted octanol–water partition coefficient (Wildman–Crippen LogP) is 4.36. The summed E-state index contributed by atoms with van der Waals surface area (Å²) in [5.41, 5.74) is 4.25. The Hall–Kier alpha value is -2.66. The lowest BCUT2D eigenvalue weighted by Gasteiger charge is -2.13. The number of nitrogens with one attached hydrogen (secondary N) is 1. The van der Waals surface area contributed by atoms with Crippen LogP contribution in [0.25, 0.3) is 11.4 Å². The zero-order valence-electron chi connectivity index (χ0n) is 15.2. The largest absolute Gasteiger partial charge is 0.488 e. The van der Waals surface area contributed by atoms with Gasteiger partial charge in [-0.2, -0.15) is 4.98 Å². The number of aromatic nitrogens is 2. The summed E-state index contributed by atoms with van der Waals surface area (Å²) < 4.78 is 11.5. The van der Waals surface area contributed by atoms with Crippen molar-refractivity contribution in [1.82, 2.24) is 15.5 Å². The fourth-order valence-electron chi connectivity index (χ4n) is 3.43. The van der Waals surface area contributed by atoms with Crippen LogP contribution in [0.4, 0.5) is 0 Å². The third kappa shape index (κ3) is 3.48. The van der Waals surface area contributed by atoms with Crippen LogP contribution in [0.2, 0.25) is 0 Å². The van der Waals surface area contributed by atoms with Crippen molar-refractivity contribution in [2.75, 3.05) is 6.54 Å². The Morgan fingerprint density at radius 1 is 1.15 bits per heavy atom. The average molecular weight is 349 g/mol. The van der Waals surface area contributed by atoms with Crippen molar-refractivity contribution in [2.24, 2.45) is 0 Å². The van der Waals surface area contributed by atoms with Gasteiger partial charge in [-0.15, -0.1) is 0 Å². The SMILES string of the molecule is Cc1cc(-c2noc([C@H]3CCCN3)n2)cc(C)c1OCc1ccccc1. The maximum atomic E-state index is 6.06. The number of hydrogen-bond acceptors (Lipinski definition) is 5. The molecule has 2 heterocycles. The maximum Gasteiger partial charge on any atom is 0.244 e. The number of rotatable bonds is 5. The number of benzene rings is 2. The van der Waals surface area contributed by atoms with E-state index in [0.717, 1.165) is 47.4 Å². The molecule has 4 rings (SSSR count). The first-order valence-electron chi connectivity index (χ1n) is 9.06. The summed E-state index contributed by atoms with van der Waals surface area (Å²) in [6, 6.07) is 14.5. The first kappa shape index (κ1) is 16.8. The number of nitrogens with zero attached hydrogens (tertiary/aromatic N) is 2. The molecule has 2 aromatic carbocycles. The Labute approximate surface area is 153 Å².